The van der Waals surface area contributed by atoms with Crippen LogP contribution in [0.25, 0.3) is 0 Å². The molecule has 7 heteroatoms. The highest BCUT2D eigenvalue weighted by atomic mass is 16.6. The van der Waals surface area contributed by atoms with Crippen LogP contribution in [0, 0.1) is 0 Å². The van der Waals surface area contributed by atoms with Gasteiger partial charge in [0.1, 0.15) is 24.0 Å². The number of alkyl carbamates (subject to hydrolysis) is 1. The van der Waals surface area contributed by atoms with Crippen molar-refractivity contribution in [2.45, 2.75) is 38.8 Å². The van der Waals surface area contributed by atoms with E-state index in [1.54, 1.807) is 45.0 Å². The highest BCUT2D eigenvalue weighted by Gasteiger charge is 2.23. The lowest BCUT2D eigenvalue weighted by Gasteiger charge is -2.23. The molecule has 0 fully saturated rings. The van der Waals surface area contributed by atoms with Crippen LogP contribution in [0.3, 0.4) is 0 Å². The van der Waals surface area contributed by atoms with Crippen molar-refractivity contribution in [3.05, 3.63) is 29.8 Å². The maximum Gasteiger partial charge on any atom is 0.408 e. The summed E-state index contributed by atoms with van der Waals surface area (Å²) >= 11 is 0. The van der Waals surface area contributed by atoms with Gasteiger partial charge in [-0.05, 0) is 38.5 Å². The van der Waals surface area contributed by atoms with E-state index in [9.17, 15) is 9.59 Å². The third-order valence-corrected chi connectivity index (χ3v) is 2.98. The van der Waals surface area contributed by atoms with Crippen LogP contribution in [0.5, 0.6) is 5.75 Å². The number of hydrogen-bond acceptors (Lipinski definition) is 5. The summed E-state index contributed by atoms with van der Waals surface area (Å²) in [6, 6.07) is 6.37. The molecule has 0 aliphatic heterocycles. The molecular weight excluding hydrogens is 312 g/mol. The van der Waals surface area contributed by atoms with Crippen molar-refractivity contribution in [1.29, 1.82) is 0 Å². The predicted molar refractivity (Wildman–Crippen MR) is 90.0 cm³/mol. The Labute approximate surface area is 142 Å². The molecule has 7 nitrogen and oxygen atoms in total. The van der Waals surface area contributed by atoms with E-state index >= 15 is 0 Å². The third kappa shape index (κ3) is 7.32. The number of ether oxygens (including phenoxy) is 2. The van der Waals surface area contributed by atoms with Gasteiger partial charge in [0.2, 0.25) is 5.91 Å². The normalized spacial score (nSPS) is 12.2. The van der Waals surface area contributed by atoms with Crippen molar-refractivity contribution in [2.24, 2.45) is 0 Å². The summed E-state index contributed by atoms with van der Waals surface area (Å²) in [6.45, 7) is 5.44. The smallest absolute Gasteiger partial charge is 0.408 e. The van der Waals surface area contributed by atoms with Crippen LogP contribution in [-0.2, 0) is 16.0 Å². The first-order valence-corrected chi connectivity index (χ1v) is 7.79. The Kier molecular flexibility index (Phi) is 7.51. The van der Waals surface area contributed by atoms with Crippen molar-refractivity contribution >= 4 is 12.0 Å². The standard InChI is InChI=1S/C17H26N2O5/c1-17(2,3)24-16(22)19-14(15(21)18-4)11-12-5-7-13(8-6-12)23-10-9-20/h5-8,14,20H,9-11H2,1-4H3,(H,18,21)(H,19,22)/t14-/m0/s1. The number of hydrogen-bond donors (Lipinski definition) is 3. The van der Waals surface area contributed by atoms with Gasteiger partial charge in [0.25, 0.3) is 0 Å². The molecule has 0 saturated heterocycles. The van der Waals surface area contributed by atoms with E-state index in [4.69, 9.17) is 14.6 Å². The number of benzene rings is 1. The molecule has 0 bridgehead atoms. The molecule has 0 aliphatic rings. The Morgan fingerprint density at radius 3 is 2.33 bits per heavy atom. The Morgan fingerprint density at radius 2 is 1.83 bits per heavy atom. The van der Waals surface area contributed by atoms with Crippen molar-refractivity contribution in [3.8, 4) is 5.75 Å². The van der Waals surface area contributed by atoms with E-state index in [2.05, 4.69) is 10.6 Å². The summed E-state index contributed by atoms with van der Waals surface area (Å²) in [5, 5.41) is 13.8. The average molecular weight is 338 g/mol. The summed E-state index contributed by atoms with van der Waals surface area (Å²) < 4.78 is 10.5. The lowest BCUT2D eigenvalue weighted by atomic mass is 10.1. The van der Waals surface area contributed by atoms with Crippen LogP contribution in [-0.4, -0.2) is 49.0 Å². The van der Waals surface area contributed by atoms with Crippen LogP contribution in [0.1, 0.15) is 26.3 Å². The first-order valence-electron chi connectivity index (χ1n) is 7.79. The molecule has 1 aromatic carbocycles. The molecule has 1 aromatic rings. The average Bonchev–Trinajstić information content (AvgIpc) is 2.51. The van der Waals surface area contributed by atoms with Gasteiger partial charge < -0.3 is 25.2 Å². The molecule has 0 heterocycles. The minimum Gasteiger partial charge on any atom is -0.491 e. The topological polar surface area (TPSA) is 96.9 Å². The van der Waals surface area contributed by atoms with Crippen LogP contribution in [0.4, 0.5) is 4.79 Å². The lowest BCUT2D eigenvalue weighted by molar-refractivity contribution is -0.122. The zero-order valence-corrected chi connectivity index (χ0v) is 14.6. The molecular formula is C17H26N2O5. The molecule has 0 spiro atoms. The number of carbonyl (C=O) groups excluding carboxylic acids is 2. The maximum absolute atomic E-state index is 12.0. The molecule has 2 amide bonds. The first-order chi connectivity index (χ1) is 11.2. The van der Waals surface area contributed by atoms with Gasteiger partial charge in [0.05, 0.1) is 6.61 Å². The monoisotopic (exact) mass is 338 g/mol. The molecule has 0 aliphatic carbocycles. The third-order valence-electron chi connectivity index (χ3n) is 2.98. The van der Waals surface area contributed by atoms with Crippen molar-refractivity contribution in [3.63, 3.8) is 0 Å². The Balaban J connectivity index is 2.72. The van der Waals surface area contributed by atoms with Gasteiger partial charge in [-0.3, -0.25) is 4.79 Å². The fourth-order valence-electron chi connectivity index (χ4n) is 1.95. The summed E-state index contributed by atoms with van der Waals surface area (Å²) in [5.41, 5.74) is 0.222. The second-order valence-electron chi connectivity index (χ2n) is 6.23. The number of nitrogens with one attached hydrogen (secondary N) is 2. The second-order valence-corrected chi connectivity index (χ2v) is 6.23. The Hall–Kier alpha value is -2.28. The molecule has 3 N–H and O–H groups in total. The zero-order chi connectivity index (χ0) is 18.2. The van der Waals surface area contributed by atoms with Crippen LogP contribution < -0.4 is 15.4 Å². The molecule has 0 radical (unpaired) electrons. The van der Waals surface area contributed by atoms with Crippen LogP contribution in [0.15, 0.2) is 24.3 Å². The van der Waals surface area contributed by atoms with E-state index in [0.29, 0.717) is 12.2 Å². The zero-order valence-electron chi connectivity index (χ0n) is 14.6. The molecule has 0 saturated carbocycles. The maximum atomic E-state index is 12.0. The summed E-state index contributed by atoms with van der Waals surface area (Å²) in [4.78, 5) is 23.9. The predicted octanol–water partition coefficient (Wildman–Crippen LogP) is 1.24. The van der Waals surface area contributed by atoms with E-state index in [0.717, 1.165) is 5.56 Å². The van der Waals surface area contributed by atoms with Gasteiger partial charge in [0, 0.05) is 13.5 Å². The molecule has 0 unspecified atom stereocenters. The Morgan fingerprint density at radius 1 is 1.21 bits per heavy atom. The lowest BCUT2D eigenvalue weighted by Crippen LogP contribution is -2.48. The van der Waals surface area contributed by atoms with E-state index in [1.807, 2.05) is 0 Å². The van der Waals surface area contributed by atoms with Gasteiger partial charge in [0.15, 0.2) is 0 Å². The fourth-order valence-corrected chi connectivity index (χ4v) is 1.95. The molecule has 1 atom stereocenters. The van der Waals surface area contributed by atoms with E-state index < -0.39 is 17.7 Å². The van der Waals surface area contributed by atoms with Gasteiger partial charge in [-0.15, -0.1) is 0 Å². The minimum atomic E-state index is -0.742. The van der Waals surface area contributed by atoms with Crippen molar-refractivity contribution in [1.82, 2.24) is 10.6 Å². The highest BCUT2D eigenvalue weighted by molar-refractivity contribution is 5.85. The number of aliphatic hydroxyl groups excluding tert-OH is 1. The number of rotatable bonds is 7. The molecule has 134 valence electrons. The van der Waals surface area contributed by atoms with Gasteiger partial charge in [-0.1, -0.05) is 12.1 Å². The number of amides is 2. The molecule has 24 heavy (non-hydrogen) atoms. The first kappa shape index (κ1) is 19.8. The van der Waals surface area contributed by atoms with E-state index in [1.165, 1.54) is 7.05 Å². The quantitative estimate of drug-likeness (QED) is 0.695. The summed E-state index contributed by atoms with van der Waals surface area (Å²) in [7, 11) is 1.51. The van der Waals surface area contributed by atoms with Crippen molar-refractivity contribution in [2.75, 3.05) is 20.3 Å². The highest BCUT2D eigenvalue weighted by Crippen LogP contribution is 2.14. The number of aliphatic hydroxyl groups is 1. The SMILES string of the molecule is CNC(=O)[C@H](Cc1ccc(OCCO)cc1)NC(=O)OC(C)(C)C. The molecule has 0 aromatic heterocycles. The summed E-state index contributed by atoms with van der Waals surface area (Å²) in [6.07, 6.45) is -0.321. The van der Waals surface area contributed by atoms with E-state index in [-0.39, 0.29) is 19.1 Å². The van der Waals surface area contributed by atoms with Crippen LogP contribution >= 0.6 is 0 Å². The van der Waals surface area contributed by atoms with Crippen LogP contribution in [0.2, 0.25) is 0 Å². The largest absolute Gasteiger partial charge is 0.491 e. The second kappa shape index (κ2) is 9.12. The number of likely N-dealkylation sites (N-methyl/N-ethyl adjacent to an activating group) is 1. The van der Waals surface area contributed by atoms with Gasteiger partial charge in [-0.2, -0.15) is 0 Å². The van der Waals surface area contributed by atoms with Gasteiger partial charge in [-0.25, -0.2) is 4.79 Å². The minimum absolute atomic E-state index is 0.0553. The summed E-state index contributed by atoms with van der Waals surface area (Å²) in [5.74, 6) is 0.325. The van der Waals surface area contributed by atoms with Crippen molar-refractivity contribution < 1.29 is 24.2 Å². The number of carbonyl (C=O) groups is 2. The molecule has 1 rings (SSSR count). The van der Waals surface area contributed by atoms with Gasteiger partial charge >= 0.3 is 6.09 Å². The Bertz CT molecular complexity index is 537. The fraction of sp³-hybridized carbons (Fsp3) is 0.529.